The molecule has 1 unspecified atom stereocenters. The topological polar surface area (TPSA) is 84.2 Å². The van der Waals surface area contributed by atoms with E-state index in [-0.39, 0.29) is 18.9 Å². The molecule has 0 aliphatic carbocycles. The minimum absolute atomic E-state index is 0.153. The predicted octanol–water partition coefficient (Wildman–Crippen LogP) is 1.73. The van der Waals surface area contributed by atoms with Crippen LogP contribution in [0.1, 0.15) is 25.5 Å². The zero-order valence-corrected chi connectivity index (χ0v) is 12.9. The van der Waals surface area contributed by atoms with Crippen LogP contribution in [-0.4, -0.2) is 33.3 Å². The number of hydrogen-bond donors (Lipinski definition) is 2. The van der Waals surface area contributed by atoms with Crippen molar-refractivity contribution in [1.82, 2.24) is 15.1 Å². The van der Waals surface area contributed by atoms with Crippen molar-refractivity contribution >= 4 is 22.8 Å². The van der Waals surface area contributed by atoms with Gasteiger partial charge in [0.05, 0.1) is 23.5 Å². The third-order valence-corrected chi connectivity index (χ3v) is 3.69. The van der Waals surface area contributed by atoms with Gasteiger partial charge in [-0.3, -0.25) is 14.3 Å². The lowest BCUT2D eigenvalue weighted by atomic mass is 10.0. The number of rotatable bonds is 7. The van der Waals surface area contributed by atoms with Crippen molar-refractivity contribution in [2.45, 2.75) is 26.2 Å². The van der Waals surface area contributed by atoms with Gasteiger partial charge in [0.15, 0.2) is 0 Å². The fourth-order valence-corrected chi connectivity index (χ4v) is 2.53. The summed E-state index contributed by atoms with van der Waals surface area (Å²) in [6.07, 6.45) is 1.49. The van der Waals surface area contributed by atoms with Gasteiger partial charge < -0.3 is 10.4 Å². The minimum atomic E-state index is -0.870. The Kier molecular flexibility index (Phi) is 5.14. The average molecular weight is 303 g/mol. The van der Waals surface area contributed by atoms with E-state index in [1.165, 1.54) is 0 Å². The van der Waals surface area contributed by atoms with E-state index >= 15 is 0 Å². The van der Waals surface area contributed by atoms with Crippen LogP contribution in [0.3, 0.4) is 0 Å². The van der Waals surface area contributed by atoms with E-state index < -0.39 is 11.9 Å². The molecule has 0 spiro atoms. The smallest absolute Gasteiger partial charge is 0.308 e. The number of hydrogen-bond acceptors (Lipinski definition) is 3. The number of nitrogens with zero attached hydrogens (tertiary/aromatic N) is 2. The quantitative estimate of drug-likeness (QED) is 0.816. The standard InChI is InChI=1S/C16H21N3O3/c1-3-6-11(16(21)22)10-17-15(20)9-13-12-7-4-5-8-14(12)19(2)18-13/h4-5,7-8,11H,3,6,9-10H2,1-2H3,(H,17,20)(H,21,22). The number of aliphatic carboxylic acids is 1. The third-order valence-electron chi connectivity index (χ3n) is 3.69. The molecule has 2 rings (SSSR count). The summed E-state index contributed by atoms with van der Waals surface area (Å²) in [4.78, 5) is 23.1. The van der Waals surface area contributed by atoms with Crippen LogP contribution in [0.5, 0.6) is 0 Å². The van der Waals surface area contributed by atoms with Gasteiger partial charge in [-0.25, -0.2) is 0 Å². The first-order valence-electron chi connectivity index (χ1n) is 7.43. The van der Waals surface area contributed by atoms with E-state index in [1.54, 1.807) is 4.68 Å². The molecule has 118 valence electrons. The number of carboxylic acid groups (broad SMARTS) is 1. The SMILES string of the molecule is CCCC(CNC(=O)Cc1nn(C)c2ccccc12)C(=O)O. The first kappa shape index (κ1) is 16.0. The van der Waals surface area contributed by atoms with Crippen molar-refractivity contribution in [3.63, 3.8) is 0 Å². The van der Waals surface area contributed by atoms with E-state index in [9.17, 15) is 9.59 Å². The highest BCUT2D eigenvalue weighted by molar-refractivity contribution is 5.87. The highest BCUT2D eigenvalue weighted by atomic mass is 16.4. The van der Waals surface area contributed by atoms with Crippen LogP contribution in [0.2, 0.25) is 0 Å². The molecule has 0 aliphatic heterocycles. The number of carbonyl (C=O) groups excluding carboxylic acids is 1. The van der Waals surface area contributed by atoms with Crippen molar-refractivity contribution < 1.29 is 14.7 Å². The maximum atomic E-state index is 12.0. The monoisotopic (exact) mass is 303 g/mol. The molecule has 1 atom stereocenters. The van der Waals surface area contributed by atoms with E-state index in [2.05, 4.69) is 10.4 Å². The van der Waals surface area contributed by atoms with Crippen molar-refractivity contribution in [2.75, 3.05) is 6.54 Å². The number of fused-ring (bicyclic) bond motifs is 1. The maximum Gasteiger partial charge on any atom is 0.308 e. The molecule has 2 N–H and O–H groups in total. The highest BCUT2D eigenvalue weighted by Gasteiger charge is 2.18. The molecular formula is C16H21N3O3. The highest BCUT2D eigenvalue weighted by Crippen LogP contribution is 2.17. The largest absolute Gasteiger partial charge is 0.481 e. The zero-order valence-electron chi connectivity index (χ0n) is 12.9. The molecule has 6 nitrogen and oxygen atoms in total. The van der Waals surface area contributed by atoms with Crippen LogP contribution in [0.15, 0.2) is 24.3 Å². The number of aryl methyl sites for hydroxylation is 1. The Morgan fingerprint density at radius 3 is 2.77 bits per heavy atom. The van der Waals surface area contributed by atoms with Crippen molar-refractivity contribution in [3.05, 3.63) is 30.0 Å². The van der Waals surface area contributed by atoms with Gasteiger partial charge in [-0.05, 0) is 12.5 Å². The number of para-hydroxylation sites is 1. The van der Waals surface area contributed by atoms with Crippen molar-refractivity contribution in [2.24, 2.45) is 13.0 Å². The molecule has 2 aromatic rings. The molecule has 0 saturated carbocycles. The van der Waals surface area contributed by atoms with Gasteiger partial charge in [0, 0.05) is 19.0 Å². The van der Waals surface area contributed by atoms with Crippen LogP contribution in [-0.2, 0) is 23.1 Å². The molecule has 0 fully saturated rings. The van der Waals surface area contributed by atoms with Crippen LogP contribution < -0.4 is 5.32 Å². The molecule has 0 aliphatic rings. The Hall–Kier alpha value is -2.37. The zero-order chi connectivity index (χ0) is 16.1. The number of amides is 1. The lowest BCUT2D eigenvalue weighted by Crippen LogP contribution is -2.33. The molecule has 1 heterocycles. The molecule has 1 amide bonds. The van der Waals surface area contributed by atoms with Crippen molar-refractivity contribution in [1.29, 1.82) is 0 Å². The Morgan fingerprint density at radius 2 is 2.09 bits per heavy atom. The fraction of sp³-hybridized carbons (Fsp3) is 0.438. The lowest BCUT2D eigenvalue weighted by molar-refractivity contribution is -0.141. The van der Waals surface area contributed by atoms with E-state index in [0.29, 0.717) is 12.1 Å². The minimum Gasteiger partial charge on any atom is -0.481 e. The maximum absolute atomic E-state index is 12.0. The molecule has 0 bridgehead atoms. The average Bonchev–Trinajstić information content (AvgIpc) is 2.80. The van der Waals surface area contributed by atoms with E-state index in [4.69, 9.17) is 5.11 Å². The molecule has 0 saturated heterocycles. The second-order valence-electron chi connectivity index (χ2n) is 5.39. The normalized spacial score (nSPS) is 12.3. The fourth-order valence-electron chi connectivity index (χ4n) is 2.53. The van der Waals surface area contributed by atoms with Gasteiger partial charge in [-0.15, -0.1) is 0 Å². The summed E-state index contributed by atoms with van der Waals surface area (Å²) in [5.74, 6) is -1.61. The Morgan fingerprint density at radius 1 is 1.36 bits per heavy atom. The van der Waals surface area contributed by atoms with Gasteiger partial charge in [0.1, 0.15) is 0 Å². The Balaban J connectivity index is 2.00. The summed E-state index contributed by atoms with van der Waals surface area (Å²) in [5.41, 5.74) is 1.68. The summed E-state index contributed by atoms with van der Waals surface area (Å²) >= 11 is 0. The summed E-state index contributed by atoms with van der Waals surface area (Å²) in [5, 5.41) is 17.1. The van der Waals surface area contributed by atoms with Gasteiger partial charge in [0.2, 0.25) is 5.91 Å². The number of nitrogens with one attached hydrogen (secondary N) is 1. The summed E-state index contributed by atoms with van der Waals surface area (Å²) in [7, 11) is 1.84. The molecule has 6 heteroatoms. The van der Waals surface area contributed by atoms with Gasteiger partial charge in [-0.2, -0.15) is 5.10 Å². The third kappa shape index (κ3) is 3.63. The molecule has 1 aromatic carbocycles. The van der Waals surface area contributed by atoms with Crippen LogP contribution in [0, 0.1) is 5.92 Å². The van der Waals surface area contributed by atoms with Crippen molar-refractivity contribution in [3.8, 4) is 0 Å². The predicted molar refractivity (Wildman–Crippen MR) is 83.5 cm³/mol. The van der Waals surface area contributed by atoms with Crippen LogP contribution in [0.25, 0.3) is 10.9 Å². The number of carbonyl (C=O) groups is 2. The first-order valence-corrected chi connectivity index (χ1v) is 7.43. The second-order valence-corrected chi connectivity index (χ2v) is 5.39. The van der Waals surface area contributed by atoms with Crippen LogP contribution in [0.4, 0.5) is 0 Å². The number of aromatic nitrogens is 2. The Labute approximate surface area is 129 Å². The number of benzene rings is 1. The van der Waals surface area contributed by atoms with Gasteiger partial charge in [-0.1, -0.05) is 31.5 Å². The number of carboxylic acids is 1. The molecule has 1 aromatic heterocycles. The molecule has 0 radical (unpaired) electrons. The summed E-state index contributed by atoms with van der Waals surface area (Å²) < 4.78 is 1.75. The lowest BCUT2D eigenvalue weighted by Gasteiger charge is -2.11. The van der Waals surface area contributed by atoms with Gasteiger partial charge in [0.25, 0.3) is 0 Å². The molecule has 22 heavy (non-hydrogen) atoms. The molecular weight excluding hydrogens is 282 g/mol. The van der Waals surface area contributed by atoms with E-state index in [0.717, 1.165) is 17.3 Å². The van der Waals surface area contributed by atoms with Crippen LogP contribution >= 0.6 is 0 Å². The van der Waals surface area contributed by atoms with Gasteiger partial charge >= 0.3 is 5.97 Å². The van der Waals surface area contributed by atoms with E-state index in [1.807, 2.05) is 38.2 Å². The second kappa shape index (κ2) is 7.06. The summed E-state index contributed by atoms with van der Waals surface area (Å²) in [6, 6.07) is 7.72. The first-order chi connectivity index (χ1) is 10.5. The summed E-state index contributed by atoms with van der Waals surface area (Å²) in [6.45, 7) is 2.09. The Bertz CT molecular complexity index is 678.